The van der Waals surface area contributed by atoms with E-state index in [0.29, 0.717) is 10.8 Å². The molecule has 1 aliphatic rings. The topological polar surface area (TPSA) is 88.2 Å². The summed E-state index contributed by atoms with van der Waals surface area (Å²) >= 11 is 6.01. The van der Waals surface area contributed by atoms with Crippen LogP contribution < -0.4 is 11.1 Å². The SMILES string of the molecule is NC1CCCCC1Nc1ncc(C(=O)O)cc1Cl. The Bertz CT molecular complexity index is 453. The lowest BCUT2D eigenvalue weighted by molar-refractivity contribution is 0.0696. The van der Waals surface area contributed by atoms with Gasteiger partial charge < -0.3 is 16.2 Å². The van der Waals surface area contributed by atoms with Crippen LogP contribution >= 0.6 is 11.6 Å². The van der Waals surface area contributed by atoms with E-state index in [0.717, 1.165) is 25.7 Å². The first-order valence-electron chi connectivity index (χ1n) is 5.99. The summed E-state index contributed by atoms with van der Waals surface area (Å²) in [5.41, 5.74) is 6.11. The van der Waals surface area contributed by atoms with E-state index in [1.807, 2.05) is 0 Å². The van der Waals surface area contributed by atoms with Crippen LogP contribution in [0.25, 0.3) is 0 Å². The van der Waals surface area contributed by atoms with Crippen molar-refractivity contribution in [1.29, 1.82) is 0 Å². The maximum atomic E-state index is 10.8. The second-order valence-electron chi connectivity index (χ2n) is 4.56. The maximum absolute atomic E-state index is 10.8. The highest BCUT2D eigenvalue weighted by Gasteiger charge is 2.22. The molecule has 0 aliphatic heterocycles. The number of aromatic carboxylic acids is 1. The molecule has 1 saturated carbocycles. The normalized spacial score (nSPS) is 23.7. The molecule has 2 rings (SSSR count). The van der Waals surface area contributed by atoms with Crippen molar-refractivity contribution in [2.45, 2.75) is 37.8 Å². The minimum atomic E-state index is -1.04. The van der Waals surface area contributed by atoms with Gasteiger partial charge in [-0.15, -0.1) is 0 Å². The van der Waals surface area contributed by atoms with Crippen molar-refractivity contribution in [2.75, 3.05) is 5.32 Å². The first-order chi connectivity index (χ1) is 8.58. The summed E-state index contributed by atoms with van der Waals surface area (Å²) < 4.78 is 0. The van der Waals surface area contributed by atoms with Crippen molar-refractivity contribution in [2.24, 2.45) is 5.73 Å². The Morgan fingerprint density at radius 1 is 1.50 bits per heavy atom. The van der Waals surface area contributed by atoms with Crippen LogP contribution in [0.1, 0.15) is 36.0 Å². The van der Waals surface area contributed by atoms with Crippen LogP contribution in [0.15, 0.2) is 12.3 Å². The Morgan fingerprint density at radius 2 is 2.22 bits per heavy atom. The molecule has 1 aromatic heterocycles. The fraction of sp³-hybridized carbons (Fsp3) is 0.500. The van der Waals surface area contributed by atoms with E-state index in [4.69, 9.17) is 22.4 Å². The molecule has 6 heteroatoms. The first-order valence-corrected chi connectivity index (χ1v) is 6.36. The van der Waals surface area contributed by atoms with Gasteiger partial charge in [0.2, 0.25) is 0 Å². The Kier molecular flexibility index (Phi) is 4.04. The number of rotatable bonds is 3. The number of nitrogens with zero attached hydrogens (tertiary/aromatic N) is 1. The molecule has 98 valence electrons. The van der Waals surface area contributed by atoms with Gasteiger partial charge in [-0.25, -0.2) is 9.78 Å². The summed E-state index contributed by atoms with van der Waals surface area (Å²) in [6.45, 7) is 0. The van der Waals surface area contributed by atoms with Crippen molar-refractivity contribution in [3.05, 3.63) is 22.8 Å². The van der Waals surface area contributed by atoms with E-state index >= 15 is 0 Å². The third kappa shape index (κ3) is 2.91. The van der Waals surface area contributed by atoms with Crippen molar-refractivity contribution in [3.8, 4) is 0 Å². The molecule has 0 bridgehead atoms. The van der Waals surface area contributed by atoms with Crippen molar-refractivity contribution in [3.63, 3.8) is 0 Å². The predicted molar refractivity (Wildman–Crippen MR) is 70.1 cm³/mol. The highest BCUT2D eigenvalue weighted by molar-refractivity contribution is 6.33. The lowest BCUT2D eigenvalue weighted by atomic mass is 9.91. The van der Waals surface area contributed by atoms with E-state index in [1.165, 1.54) is 12.3 Å². The minimum absolute atomic E-state index is 0.0819. The Labute approximate surface area is 110 Å². The van der Waals surface area contributed by atoms with Crippen LogP contribution in [0.5, 0.6) is 0 Å². The first kappa shape index (κ1) is 13.1. The minimum Gasteiger partial charge on any atom is -0.478 e. The lowest BCUT2D eigenvalue weighted by Gasteiger charge is -2.29. The molecule has 2 unspecified atom stereocenters. The average molecular weight is 270 g/mol. The second kappa shape index (κ2) is 5.54. The number of carbonyl (C=O) groups is 1. The molecule has 18 heavy (non-hydrogen) atoms. The number of pyridine rings is 1. The molecule has 0 radical (unpaired) electrons. The zero-order valence-corrected chi connectivity index (χ0v) is 10.7. The monoisotopic (exact) mass is 269 g/mol. The van der Waals surface area contributed by atoms with Gasteiger partial charge in [-0.1, -0.05) is 24.4 Å². The number of hydrogen-bond acceptors (Lipinski definition) is 4. The van der Waals surface area contributed by atoms with Gasteiger partial charge in [0, 0.05) is 18.3 Å². The summed E-state index contributed by atoms with van der Waals surface area (Å²) in [5.74, 6) is -0.533. The van der Waals surface area contributed by atoms with E-state index < -0.39 is 5.97 Å². The van der Waals surface area contributed by atoms with Crippen molar-refractivity contribution in [1.82, 2.24) is 4.98 Å². The van der Waals surface area contributed by atoms with Gasteiger partial charge in [-0.05, 0) is 18.9 Å². The largest absolute Gasteiger partial charge is 0.478 e. The van der Waals surface area contributed by atoms with Gasteiger partial charge in [0.05, 0.1) is 10.6 Å². The fourth-order valence-corrected chi connectivity index (χ4v) is 2.40. The quantitative estimate of drug-likeness (QED) is 0.782. The zero-order valence-electron chi connectivity index (χ0n) is 9.90. The molecule has 1 aliphatic carbocycles. The zero-order chi connectivity index (χ0) is 13.1. The summed E-state index contributed by atoms with van der Waals surface area (Å²) in [7, 11) is 0. The summed E-state index contributed by atoms with van der Waals surface area (Å²) in [6, 6.07) is 1.64. The smallest absolute Gasteiger partial charge is 0.337 e. The summed E-state index contributed by atoms with van der Waals surface area (Å²) in [6.07, 6.45) is 5.56. The lowest BCUT2D eigenvalue weighted by Crippen LogP contribution is -2.42. The van der Waals surface area contributed by atoms with Crippen LogP contribution in [-0.4, -0.2) is 28.1 Å². The van der Waals surface area contributed by atoms with Crippen molar-refractivity contribution < 1.29 is 9.90 Å². The van der Waals surface area contributed by atoms with E-state index in [1.54, 1.807) is 0 Å². The fourth-order valence-electron chi connectivity index (χ4n) is 2.18. The van der Waals surface area contributed by atoms with Gasteiger partial charge >= 0.3 is 5.97 Å². The maximum Gasteiger partial charge on any atom is 0.337 e. The molecule has 0 spiro atoms. The number of aromatic nitrogens is 1. The highest BCUT2D eigenvalue weighted by Crippen LogP contribution is 2.25. The second-order valence-corrected chi connectivity index (χ2v) is 4.97. The molecule has 0 amide bonds. The number of nitrogens with two attached hydrogens (primary N) is 1. The molecule has 0 saturated heterocycles. The molecule has 1 aromatic rings. The van der Waals surface area contributed by atoms with Gasteiger partial charge in [0.1, 0.15) is 5.82 Å². The highest BCUT2D eigenvalue weighted by atomic mass is 35.5. The molecular formula is C12H16ClN3O2. The third-order valence-electron chi connectivity index (χ3n) is 3.23. The molecular weight excluding hydrogens is 254 g/mol. The number of hydrogen-bond donors (Lipinski definition) is 3. The van der Waals surface area contributed by atoms with Gasteiger partial charge in [0.25, 0.3) is 0 Å². The number of nitrogens with one attached hydrogen (secondary N) is 1. The Morgan fingerprint density at radius 3 is 2.83 bits per heavy atom. The van der Waals surface area contributed by atoms with Crippen molar-refractivity contribution >= 4 is 23.4 Å². The summed E-state index contributed by atoms with van der Waals surface area (Å²) in [5, 5.41) is 12.3. The van der Waals surface area contributed by atoms with Crippen LogP contribution in [0.4, 0.5) is 5.82 Å². The predicted octanol–water partition coefficient (Wildman–Crippen LogP) is 2.11. The molecule has 5 nitrogen and oxygen atoms in total. The third-order valence-corrected chi connectivity index (χ3v) is 3.52. The van der Waals surface area contributed by atoms with Gasteiger partial charge in [0.15, 0.2) is 0 Å². The number of carboxylic acids is 1. The summed E-state index contributed by atoms with van der Waals surface area (Å²) in [4.78, 5) is 14.8. The molecule has 1 heterocycles. The number of carboxylic acid groups (broad SMARTS) is 1. The van der Waals surface area contributed by atoms with E-state index in [2.05, 4.69) is 10.3 Å². The van der Waals surface area contributed by atoms with E-state index in [-0.39, 0.29) is 17.6 Å². The van der Waals surface area contributed by atoms with Gasteiger partial charge in [-0.3, -0.25) is 0 Å². The molecule has 2 atom stereocenters. The van der Waals surface area contributed by atoms with Crippen LogP contribution in [0.2, 0.25) is 5.02 Å². The molecule has 1 fully saturated rings. The van der Waals surface area contributed by atoms with E-state index in [9.17, 15) is 4.79 Å². The standard InChI is InChI=1S/C12H16ClN3O2/c13-8-5-7(12(17)18)6-15-11(8)16-10-4-2-1-3-9(10)14/h5-6,9-10H,1-4,14H2,(H,15,16)(H,17,18). The van der Waals surface area contributed by atoms with Crippen LogP contribution in [-0.2, 0) is 0 Å². The van der Waals surface area contributed by atoms with Crippen LogP contribution in [0, 0.1) is 0 Å². The van der Waals surface area contributed by atoms with Gasteiger partial charge in [-0.2, -0.15) is 0 Å². The average Bonchev–Trinajstić information content (AvgIpc) is 2.34. The number of anilines is 1. The number of halogens is 1. The molecule has 4 N–H and O–H groups in total. The Balaban J connectivity index is 2.11. The molecule has 0 aromatic carbocycles. The van der Waals surface area contributed by atoms with Crippen LogP contribution in [0.3, 0.4) is 0 Å². The Hall–Kier alpha value is -1.33.